The Hall–Kier alpha value is -3.48. The maximum Gasteiger partial charge on any atom is 0.222 e. The molecular formula is C26H32N6O. The number of unbranched alkanes of at least 4 members (excludes halogenated alkanes) is 1. The van der Waals surface area contributed by atoms with Gasteiger partial charge in [0.25, 0.3) is 0 Å². The van der Waals surface area contributed by atoms with E-state index in [1.165, 1.54) is 0 Å². The van der Waals surface area contributed by atoms with E-state index in [9.17, 15) is 4.79 Å². The van der Waals surface area contributed by atoms with Crippen LogP contribution >= 0.6 is 0 Å². The number of amides is 1. The first-order valence-corrected chi connectivity index (χ1v) is 11.8. The van der Waals surface area contributed by atoms with Crippen LogP contribution in [-0.2, 0) is 17.8 Å². The van der Waals surface area contributed by atoms with E-state index in [4.69, 9.17) is 10.7 Å². The highest BCUT2D eigenvalue weighted by molar-refractivity contribution is 6.07. The molecule has 7 nitrogen and oxygen atoms in total. The quantitative estimate of drug-likeness (QED) is 0.364. The standard InChI is InChI=1S/C26H32N6O/c1-4-8-22-31-23-24(32(22)14-6-5-13-29-26(33)17(2)3)20-11-10-18(15-21(20)30-25(23)27)19-9-7-12-28-16-19/h7,9-12,15-17H,4-6,8,13-14H2,1-3H3,(H2,27,30)(H,29,33). The van der Waals surface area contributed by atoms with Crippen molar-refractivity contribution in [2.45, 2.75) is 53.0 Å². The summed E-state index contributed by atoms with van der Waals surface area (Å²) in [6.45, 7) is 7.49. The van der Waals surface area contributed by atoms with E-state index >= 15 is 0 Å². The summed E-state index contributed by atoms with van der Waals surface area (Å²) >= 11 is 0. The van der Waals surface area contributed by atoms with Crippen LogP contribution in [0.3, 0.4) is 0 Å². The van der Waals surface area contributed by atoms with Gasteiger partial charge in [0.05, 0.1) is 11.0 Å². The first-order chi connectivity index (χ1) is 16.0. The molecule has 0 aliphatic carbocycles. The van der Waals surface area contributed by atoms with Crippen LogP contribution in [-0.4, -0.2) is 32.0 Å². The number of hydrogen-bond acceptors (Lipinski definition) is 5. The summed E-state index contributed by atoms with van der Waals surface area (Å²) in [4.78, 5) is 25.6. The lowest BCUT2D eigenvalue weighted by Gasteiger charge is -2.12. The maximum absolute atomic E-state index is 11.8. The lowest BCUT2D eigenvalue weighted by molar-refractivity contribution is -0.123. The van der Waals surface area contributed by atoms with Crippen molar-refractivity contribution < 1.29 is 4.79 Å². The molecule has 4 aromatic rings. The molecule has 3 N–H and O–H groups in total. The van der Waals surface area contributed by atoms with Gasteiger partial charge in [0.2, 0.25) is 5.91 Å². The van der Waals surface area contributed by atoms with E-state index in [1.54, 1.807) is 6.20 Å². The molecule has 0 radical (unpaired) electrons. The molecule has 3 aromatic heterocycles. The number of aromatic nitrogens is 4. The van der Waals surface area contributed by atoms with Gasteiger partial charge in [-0.2, -0.15) is 0 Å². The zero-order chi connectivity index (χ0) is 23.4. The van der Waals surface area contributed by atoms with Crippen LogP contribution < -0.4 is 11.1 Å². The number of hydrogen-bond donors (Lipinski definition) is 2. The third kappa shape index (κ3) is 4.82. The zero-order valence-electron chi connectivity index (χ0n) is 19.6. The van der Waals surface area contributed by atoms with E-state index < -0.39 is 0 Å². The Kier molecular flexibility index (Phi) is 6.87. The Bertz CT molecular complexity index is 1260. The number of nitrogen functional groups attached to an aromatic ring is 1. The highest BCUT2D eigenvalue weighted by Crippen LogP contribution is 2.32. The van der Waals surface area contributed by atoms with Crippen LogP contribution in [0.5, 0.6) is 0 Å². The lowest BCUT2D eigenvalue weighted by Crippen LogP contribution is -2.28. The molecule has 1 amide bonds. The van der Waals surface area contributed by atoms with Gasteiger partial charge in [0, 0.05) is 48.8 Å². The first kappa shape index (κ1) is 22.7. The van der Waals surface area contributed by atoms with Crippen molar-refractivity contribution in [1.29, 1.82) is 0 Å². The fraction of sp³-hybridized carbons (Fsp3) is 0.385. The second-order valence-electron chi connectivity index (χ2n) is 8.75. The number of fused-ring (bicyclic) bond motifs is 3. The molecule has 1 aromatic carbocycles. The van der Waals surface area contributed by atoms with Crippen LogP contribution in [0.1, 0.15) is 45.9 Å². The molecule has 4 rings (SSSR count). The van der Waals surface area contributed by atoms with E-state index in [0.29, 0.717) is 12.4 Å². The summed E-state index contributed by atoms with van der Waals surface area (Å²) in [5, 5.41) is 4.05. The summed E-state index contributed by atoms with van der Waals surface area (Å²) in [7, 11) is 0. The summed E-state index contributed by atoms with van der Waals surface area (Å²) < 4.78 is 2.30. The molecule has 0 unspecified atom stereocenters. The van der Waals surface area contributed by atoms with Crippen molar-refractivity contribution in [3.63, 3.8) is 0 Å². The second kappa shape index (κ2) is 9.98. The Balaban J connectivity index is 1.68. The van der Waals surface area contributed by atoms with Gasteiger partial charge < -0.3 is 15.6 Å². The van der Waals surface area contributed by atoms with Crippen LogP contribution in [0.2, 0.25) is 0 Å². The SMILES string of the molecule is CCCc1nc2c(N)nc3cc(-c4cccnc4)ccc3c2n1CCCCNC(=O)C(C)C. The second-order valence-corrected chi connectivity index (χ2v) is 8.75. The maximum atomic E-state index is 11.8. The number of benzene rings is 1. The number of nitrogens with zero attached hydrogens (tertiary/aromatic N) is 4. The molecule has 33 heavy (non-hydrogen) atoms. The number of anilines is 1. The van der Waals surface area contributed by atoms with Crippen LogP contribution in [0, 0.1) is 5.92 Å². The van der Waals surface area contributed by atoms with Crippen molar-refractivity contribution in [2.75, 3.05) is 12.3 Å². The van der Waals surface area contributed by atoms with E-state index in [1.807, 2.05) is 32.2 Å². The van der Waals surface area contributed by atoms with Crippen molar-refractivity contribution in [2.24, 2.45) is 5.92 Å². The minimum absolute atomic E-state index is 0.0112. The molecule has 0 saturated heterocycles. The number of rotatable bonds is 9. The Morgan fingerprint density at radius 1 is 1.15 bits per heavy atom. The summed E-state index contributed by atoms with van der Waals surface area (Å²) in [6, 6.07) is 10.3. The Morgan fingerprint density at radius 2 is 2.00 bits per heavy atom. The lowest BCUT2D eigenvalue weighted by atomic mass is 10.0. The molecular weight excluding hydrogens is 412 g/mol. The Labute approximate surface area is 194 Å². The Morgan fingerprint density at radius 3 is 2.73 bits per heavy atom. The van der Waals surface area contributed by atoms with Gasteiger partial charge in [-0.3, -0.25) is 9.78 Å². The van der Waals surface area contributed by atoms with Gasteiger partial charge in [-0.25, -0.2) is 9.97 Å². The molecule has 3 heterocycles. The van der Waals surface area contributed by atoms with Crippen LogP contribution in [0.25, 0.3) is 33.1 Å². The summed E-state index contributed by atoms with van der Waals surface area (Å²) in [5.74, 6) is 1.61. The predicted molar refractivity (Wildman–Crippen MR) is 134 cm³/mol. The van der Waals surface area contributed by atoms with E-state index in [-0.39, 0.29) is 11.8 Å². The zero-order valence-corrected chi connectivity index (χ0v) is 19.6. The van der Waals surface area contributed by atoms with Gasteiger partial charge in [0.15, 0.2) is 5.82 Å². The number of nitrogens with two attached hydrogens (primary N) is 1. The average Bonchev–Trinajstić information content (AvgIpc) is 3.18. The number of imidazole rings is 1. The monoisotopic (exact) mass is 444 g/mol. The van der Waals surface area contributed by atoms with Crippen molar-refractivity contribution in [3.05, 3.63) is 48.5 Å². The third-order valence-electron chi connectivity index (χ3n) is 5.88. The smallest absolute Gasteiger partial charge is 0.222 e. The largest absolute Gasteiger partial charge is 0.382 e. The van der Waals surface area contributed by atoms with Gasteiger partial charge in [-0.1, -0.05) is 39.0 Å². The first-order valence-electron chi connectivity index (χ1n) is 11.8. The fourth-order valence-electron chi connectivity index (χ4n) is 4.14. The molecule has 0 fully saturated rings. The van der Waals surface area contributed by atoms with Crippen LogP contribution in [0.15, 0.2) is 42.7 Å². The summed E-state index contributed by atoms with van der Waals surface area (Å²) in [6.07, 6.45) is 7.36. The minimum Gasteiger partial charge on any atom is -0.382 e. The molecule has 0 bridgehead atoms. The minimum atomic E-state index is 0.0112. The predicted octanol–water partition coefficient (Wildman–Crippen LogP) is 4.73. The van der Waals surface area contributed by atoms with Gasteiger partial charge >= 0.3 is 0 Å². The molecule has 0 saturated carbocycles. The molecule has 0 aliphatic heterocycles. The van der Waals surface area contributed by atoms with Crippen molar-refractivity contribution in [3.8, 4) is 11.1 Å². The molecule has 0 spiro atoms. The summed E-state index contributed by atoms with van der Waals surface area (Å²) in [5.41, 5.74) is 11.2. The molecule has 7 heteroatoms. The molecule has 0 aliphatic rings. The highest BCUT2D eigenvalue weighted by Gasteiger charge is 2.17. The molecule has 0 atom stereocenters. The van der Waals surface area contributed by atoms with Gasteiger partial charge in [-0.15, -0.1) is 0 Å². The number of nitrogens with one attached hydrogen (secondary N) is 1. The number of pyridine rings is 2. The van der Waals surface area contributed by atoms with Gasteiger partial charge in [0.1, 0.15) is 11.3 Å². The van der Waals surface area contributed by atoms with Crippen molar-refractivity contribution >= 4 is 33.7 Å². The number of carbonyl (C=O) groups excluding carboxylic acids is 1. The number of carbonyl (C=O) groups is 1. The van der Waals surface area contributed by atoms with Crippen LogP contribution in [0.4, 0.5) is 5.82 Å². The highest BCUT2D eigenvalue weighted by atomic mass is 16.1. The normalized spacial score (nSPS) is 11.5. The van der Waals surface area contributed by atoms with E-state index in [2.05, 4.69) is 45.0 Å². The fourth-order valence-corrected chi connectivity index (χ4v) is 4.14. The molecule has 172 valence electrons. The number of aryl methyl sites for hydroxylation is 2. The van der Waals surface area contributed by atoms with E-state index in [0.717, 1.165) is 71.1 Å². The van der Waals surface area contributed by atoms with Crippen molar-refractivity contribution in [1.82, 2.24) is 24.8 Å². The topological polar surface area (TPSA) is 98.7 Å². The van der Waals surface area contributed by atoms with Gasteiger partial charge in [-0.05, 0) is 37.0 Å². The third-order valence-corrected chi connectivity index (χ3v) is 5.88. The average molecular weight is 445 g/mol.